The van der Waals surface area contributed by atoms with Gasteiger partial charge in [-0.05, 0) is 18.2 Å². The van der Waals surface area contributed by atoms with Crippen LogP contribution in [-0.2, 0) is 0 Å². The van der Waals surface area contributed by atoms with Crippen molar-refractivity contribution in [2.45, 2.75) is 6.17 Å². The fourth-order valence-electron chi connectivity index (χ4n) is 3.38. The minimum absolute atomic E-state index is 0.0487. The first-order valence-corrected chi connectivity index (χ1v) is 8.78. The molecule has 128 valence electrons. The van der Waals surface area contributed by atoms with Crippen molar-refractivity contribution < 1.29 is 0 Å². The van der Waals surface area contributed by atoms with Crippen molar-refractivity contribution in [1.29, 1.82) is 0 Å². The van der Waals surface area contributed by atoms with Crippen LogP contribution in [0.2, 0.25) is 5.02 Å². The van der Waals surface area contributed by atoms with Crippen molar-refractivity contribution in [1.82, 2.24) is 9.80 Å². The topological polar surface area (TPSA) is 22.1 Å². The third kappa shape index (κ3) is 3.10. The Labute approximate surface area is 153 Å². The Morgan fingerprint density at radius 1 is 1.04 bits per heavy atom. The van der Waals surface area contributed by atoms with E-state index >= 15 is 0 Å². The van der Waals surface area contributed by atoms with Crippen LogP contribution in [0.1, 0.15) is 11.1 Å². The lowest BCUT2D eigenvalue weighted by molar-refractivity contribution is 0.238. The summed E-state index contributed by atoms with van der Waals surface area (Å²) in [6.07, 6.45) is 4.26. The molecule has 0 fully saturated rings. The first kappa shape index (κ1) is 16.0. The van der Waals surface area contributed by atoms with Crippen LogP contribution >= 0.6 is 11.6 Å². The minimum atomic E-state index is 0.0487. The zero-order valence-corrected chi connectivity index (χ0v) is 15.2. The lowest BCUT2D eigenvalue weighted by atomic mass is 10.0. The molecule has 2 aliphatic rings. The molecule has 2 aliphatic heterocycles. The number of aliphatic imine (C=N–C) groups is 1. The number of benzene rings is 2. The molecule has 0 bridgehead atoms. The molecule has 25 heavy (non-hydrogen) atoms. The SMILES string of the molecule is CN1C=CN(C2CN(C)c3ccc(Cl)cc3C(c3ccccc3)=N2)C1. The highest BCUT2D eigenvalue weighted by atomic mass is 35.5. The monoisotopic (exact) mass is 352 g/mol. The Morgan fingerprint density at radius 2 is 1.84 bits per heavy atom. The lowest BCUT2D eigenvalue weighted by Gasteiger charge is -2.29. The van der Waals surface area contributed by atoms with E-state index in [0.717, 1.165) is 40.8 Å². The van der Waals surface area contributed by atoms with E-state index in [1.165, 1.54) is 0 Å². The highest BCUT2D eigenvalue weighted by Gasteiger charge is 2.27. The Balaban J connectivity index is 1.85. The van der Waals surface area contributed by atoms with Crippen molar-refractivity contribution in [2.24, 2.45) is 4.99 Å². The smallest absolute Gasteiger partial charge is 0.140 e. The summed E-state index contributed by atoms with van der Waals surface area (Å²) in [4.78, 5) is 11.9. The summed E-state index contributed by atoms with van der Waals surface area (Å²) in [6, 6.07) is 16.4. The van der Waals surface area contributed by atoms with E-state index in [0.29, 0.717) is 0 Å². The standard InChI is InChI=1S/C20H21ClN4/c1-23-10-11-25(14-23)19-13-24(2)18-9-8-16(21)12-17(18)20(22-19)15-6-4-3-5-7-15/h3-12,19H,13-14H2,1-2H3. The number of fused-ring (bicyclic) bond motifs is 1. The van der Waals surface area contributed by atoms with Gasteiger partial charge in [-0.2, -0.15) is 0 Å². The van der Waals surface area contributed by atoms with Gasteiger partial charge in [0, 0.05) is 48.3 Å². The lowest BCUT2D eigenvalue weighted by Crippen LogP contribution is -2.39. The molecule has 2 aromatic carbocycles. The maximum Gasteiger partial charge on any atom is 0.140 e. The van der Waals surface area contributed by atoms with Crippen LogP contribution in [0.25, 0.3) is 0 Å². The van der Waals surface area contributed by atoms with E-state index in [-0.39, 0.29) is 6.17 Å². The van der Waals surface area contributed by atoms with Gasteiger partial charge in [-0.15, -0.1) is 0 Å². The van der Waals surface area contributed by atoms with Crippen LogP contribution < -0.4 is 4.90 Å². The number of likely N-dealkylation sites (N-methyl/N-ethyl adjacent to an activating group) is 1. The molecule has 0 aliphatic carbocycles. The number of hydrogen-bond donors (Lipinski definition) is 0. The summed E-state index contributed by atoms with van der Waals surface area (Å²) < 4.78 is 0. The molecule has 0 spiro atoms. The van der Waals surface area contributed by atoms with Crippen LogP contribution in [0.3, 0.4) is 0 Å². The zero-order valence-electron chi connectivity index (χ0n) is 14.4. The van der Waals surface area contributed by atoms with Crippen molar-refractivity contribution >= 4 is 23.0 Å². The minimum Gasteiger partial charge on any atom is -0.370 e. The van der Waals surface area contributed by atoms with Crippen LogP contribution in [0.5, 0.6) is 0 Å². The maximum absolute atomic E-state index is 6.31. The first-order valence-electron chi connectivity index (χ1n) is 8.40. The second-order valence-corrected chi connectivity index (χ2v) is 7.01. The summed E-state index contributed by atoms with van der Waals surface area (Å²) >= 11 is 6.31. The molecule has 0 saturated heterocycles. The fourth-order valence-corrected chi connectivity index (χ4v) is 3.56. The van der Waals surface area contributed by atoms with Gasteiger partial charge >= 0.3 is 0 Å². The molecule has 4 rings (SSSR count). The van der Waals surface area contributed by atoms with Gasteiger partial charge in [-0.3, -0.25) is 4.99 Å². The van der Waals surface area contributed by atoms with Crippen molar-refractivity contribution in [3.05, 3.63) is 77.1 Å². The Bertz CT molecular complexity index is 831. The predicted molar refractivity (Wildman–Crippen MR) is 104 cm³/mol. The van der Waals surface area contributed by atoms with E-state index in [4.69, 9.17) is 16.6 Å². The predicted octanol–water partition coefficient (Wildman–Crippen LogP) is 3.63. The van der Waals surface area contributed by atoms with E-state index in [1.807, 2.05) is 18.2 Å². The molecular weight excluding hydrogens is 332 g/mol. The van der Waals surface area contributed by atoms with Crippen molar-refractivity contribution in [3.8, 4) is 0 Å². The number of anilines is 1. The summed E-state index contributed by atoms with van der Waals surface area (Å²) in [5.41, 5.74) is 4.35. The van der Waals surface area contributed by atoms with Crippen LogP contribution in [0.15, 0.2) is 65.9 Å². The number of nitrogens with zero attached hydrogens (tertiary/aromatic N) is 4. The fraction of sp³-hybridized carbons (Fsp3) is 0.250. The average molecular weight is 353 g/mol. The summed E-state index contributed by atoms with van der Waals surface area (Å²) in [7, 11) is 4.19. The molecule has 0 radical (unpaired) electrons. The number of halogens is 1. The Kier molecular flexibility index (Phi) is 4.14. The Hall–Kier alpha value is -2.46. The molecule has 2 aromatic rings. The molecule has 5 heteroatoms. The van der Waals surface area contributed by atoms with Gasteiger partial charge in [0.25, 0.3) is 0 Å². The molecule has 0 aromatic heterocycles. The highest BCUT2D eigenvalue weighted by Crippen LogP contribution is 2.30. The van der Waals surface area contributed by atoms with Crippen molar-refractivity contribution in [2.75, 3.05) is 32.2 Å². The summed E-state index contributed by atoms with van der Waals surface area (Å²) in [5, 5.41) is 0.732. The number of hydrogen-bond acceptors (Lipinski definition) is 4. The van der Waals surface area contributed by atoms with E-state index in [1.54, 1.807) is 0 Å². The number of benzodiazepines with no additional fused rings is 1. The van der Waals surface area contributed by atoms with Crippen LogP contribution in [0, 0.1) is 0 Å². The van der Waals surface area contributed by atoms with Gasteiger partial charge in [-0.25, -0.2) is 0 Å². The molecule has 0 N–H and O–H groups in total. The van der Waals surface area contributed by atoms with Gasteiger partial charge in [0.2, 0.25) is 0 Å². The molecule has 4 nitrogen and oxygen atoms in total. The van der Waals surface area contributed by atoms with Crippen LogP contribution in [0.4, 0.5) is 5.69 Å². The van der Waals surface area contributed by atoms with Gasteiger partial charge in [0.05, 0.1) is 18.9 Å². The third-order valence-corrected chi connectivity index (χ3v) is 4.90. The van der Waals surface area contributed by atoms with Gasteiger partial charge in [-0.1, -0.05) is 41.9 Å². The zero-order chi connectivity index (χ0) is 17.4. The highest BCUT2D eigenvalue weighted by molar-refractivity contribution is 6.31. The number of rotatable bonds is 2. The summed E-state index contributed by atoms with van der Waals surface area (Å²) in [6.45, 7) is 1.67. The molecule has 0 amide bonds. The van der Waals surface area contributed by atoms with Gasteiger partial charge < -0.3 is 14.7 Å². The summed E-state index contributed by atoms with van der Waals surface area (Å²) in [5.74, 6) is 0. The molecule has 1 atom stereocenters. The average Bonchev–Trinajstić information content (AvgIpc) is 2.99. The normalized spacial score (nSPS) is 19.7. The second-order valence-electron chi connectivity index (χ2n) is 6.58. The second kappa shape index (κ2) is 6.45. The molecule has 1 unspecified atom stereocenters. The van der Waals surface area contributed by atoms with Crippen molar-refractivity contribution in [3.63, 3.8) is 0 Å². The first-order chi connectivity index (χ1) is 12.1. The molecule has 2 heterocycles. The third-order valence-electron chi connectivity index (χ3n) is 4.67. The van der Waals surface area contributed by atoms with E-state index in [2.05, 4.69) is 71.5 Å². The van der Waals surface area contributed by atoms with E-state index in [9.17, 15) is 0 Å². The molecule has 0 saturated carbocycles. The van der Waals surface area contributed by atoms with E-state index < -0.39 is 0 Å². The van der Waals surface area contributed by atoms with Gasteiger partial charge in [0.1, 0.15) is 6.17 Å². The quantitative estimate of drug-likeness (QED) is 0.824. The Morgan fingerprint density at radius 3 is 2.56 bits per heavy atom. The maximum atomic E-state index is 6.31. The van der Waals surface area contributed by atoms with Gasteiger partial charge in [0.15, 0.2) is 0 Å². The largest absolute Gasteiger partial charge is 0.370 e. The van der Waals surface area contributed by atoms with Crippen LogP contribution in [-0.4, -0.2) is 49.0 Å². The molecular formula is C20H21ClN4.